The first-order chi connectivity index (χ1) is 8.53. The van der Waals surface area contributed by atoms with Crippen molar-refractivity contribution in [3.05, 3.63) is 41.5 Å². The van der Waals surface area contributed by atoms with Gasteiger partial charge in [-0.25, -0.2) is 0 Å². The van der Waals surface area contributed by atoms with E-state index in [4.69, 9.17) is 4.52 Å². The zero-order valence-corrected chi connectivity index (χ0v) is 11.9. The first-order valence-corrected chi connectivity index (χ1v) is 8.21. The lowest BCUT2D eigenvalue weighted by Crippen LogP contribution is -2.00. The van der Waals surface area contributed by atoms with E-state index < -0.39 is 7.37 Å². The van der Waals surface area contributed by atoms with Crippen LogP contribution < -0.4 is 0 Å². The fourth-order valence-electron chi connectivity index (χ4n) is 1.76. The fourth-order valence-corrected chi connectivity index (χ4v) is 3.33. The lowest BCUT2D eigenvalue weighted by molar-refractivity contribution is 0.336. The van der Waals surface area contributed by atoms with Crippen molar-refractivity contribution in [3.8, 4) is 0 Å². The highest BCUT2D eigenvalue weighted by Crippen LogP contribution is 2.54. The Morgan fingerprint density at radius 2 is 2.00 bits per heavy atom. The van der Waals surface area contributed by atoms with Gasteiger partial charge in [0, 0.05) is 6.66 Å². The van der Waals surface area contributed by atoms with Crippen molar-refractivity contribution < 1.29 is 9.09 Å². The Morgan fingerprint density at radius 3 is 2.61 bits per heavy atom. The lowest BCUT2D eigenvalue weighted by Gasteiger charge is -2.09. The molecule has 1 aliphatic rings. The van der Waals surface area contributed by atoms with E-state index in [-0.39, 0.29) is 5.78 Å². The molecule has 0 bridgehead atoms. The van der Waals surface area contributed by atoms with Gasteiger partial charge in [0.05, 0.1) is 12.3 Å². The highest BCUT2D eigenvalue weighted by molar-refractivity contribution is 7.60. The van der Waals surface area contributed by atoms with Gasteiger partial charge in [0.2, 0.25) is 7.37 Å². The molecule has 0 aliphatic carbocycles. The van der Waals surface area contributed by atoms with Crippen LogP contribution in [0.2, 0.25) is 0 Å². The number of rotatable bonds is 5. The normalized spacial score (nSPS) is 21.7. The maximum Gasteiger partial charge on any atom is 0.229 e. The molecular formula is C14H18NO2P. The van der Waals surface area contributed by atoms with Gasteiger partial charge in [0.1, 0.15) is 0 Å². The molecule has 0 saturated heterocycles. The van der Waals surface area contributed by atoms with Crippen LogP contribution in [0.4, 0.5) is 0 Å². The average Bonchev–Trinajstić information content (AvgIpc) is 3.08. The van der Waals surface area contributed by atoms with Crippen molar-refractivity contribution in [2.75, 3.05) is 13.3 Å². The molecule has 1 aromatic rings. The third kappa shape index (κ3) is 3.18. The van der Waals surface area contributed by atoms with Crippen LogP contribution in [0.5, 0.6) is 0 Å². The maximum atomic E-state index is 12.1. The van der Waals surface area contributed by atoms with Gasteiger partial charge in [-0.05, 0) is 25.5 Å². The van der Waals surface area contributed by atoms with E-state index >= 15 is 0 Å². The van der Waals surface area contributed by atoms with Crippen molar-refractivity contribution in [3.63, 3.8) is 0 Å². The second-order valence-electron chi connectivity index (χ2n) is 4.50. The molecule has 2 unspecified atom stereocenters. The molecule has 0 amide bonds. The SMILES string of the molecule is CCOP(C)(=O)C1N=C1/C=C/c1ccc(C)cc1. The summed E-state index contributed by atoms with van der Waals surface area (Å²) in [4.78, 5) is 4.22. The van der Waals surface area contributed by atoms with Crippen LogP contribution >= 0.6 is 7.37 Å². The number of aryl methyl sites for hydroxylation is 1. The number of benzene rings is 1. The van der Waals surface area contributed by atoms with Crippen LogP contribution in [0.25, 0.3) is 6.08 Å². The quantitative estimate of drug-likeness (QED) is 0.759. The topological polar surface area (TPSA) is 38.7 Å². The minimum absolute atomic E-state index is 0.223. The van der Waals surface area contributed by atoms with Crippen molar-refractivity contribution in [2.24, 2.45) is 4.99 Å². The van der Waals surface area contributed by atoms with Crippen LogP contribution in [0.1, 0.15) is 18.1 Å². The van der Waals surface area contributed by atoms with Crippen LogP contribution in [0, 0.1) is 6.92 Å². The zero-order valence-electron chi connectivity index (χ0n) is 11.0. The third-order valence-electron chi connectivity index (χ3n) is 2.82. The molecule has 0 aromatic heterocycles. The maximum absolute atomic E-state index is 12.1. The summed E-state index contributed by atoms with van der Waals surface area (Å²) in [5.41, 5.74) is 3.23. The van der Waals surface area contributed by atoms with Gasteiger partial charge in [-0.15, -0.1) is 0 Å². The first kappa shape index (κ1) is 13.3. The van der Waals surface area contributed by atoms with Gasteiger partial charge < -0.3 is 4.52 Å². The van der Waals surface area contributed by atoms with Crippen LogP contribution in [-0.4, -0.2) is 24.8 Å². The van der Waals surface area contributed by atoms with Crippen LogP contribution in [-0.2, 0) is 9.09 Å². The largest absolute Gasteiger partial charge is 0.327 e. The minimum atomic E-state index is -2.59. The Balaban J connectivity index is 1.95. The number of nitrogens with zero attached hydrogens (tertiary/aromatic N) is 1. The highest BCUT2D eigenvalue weighted by Gasteiger charge is 2.40. The number of hydrogen-bond donors (Lipinski definition) is 0. The molecule has 0 N–H and O–H groups in total. The summed E-state index contributed by atoms with van der Waals surface area (Å²) < 4.78 is 17.3. The van der Waals surface area contributed by atoms with E-state index in [0.717, 1.165) is 11.3 Å². The Morgan fingerprint density at radius 1 is 1.33 bits per heavy atom. The Kier molecular flexibility index (Phi) is 3.84. The Bertz CT molecular complexity index is 531. The fraction of sp³-hybridized carbons (Fsp3) is 0.357. The molecular weight excluding hydrogens is 245 g/mol. The van der Waals surface area contributed by atoms with Gasteiger partial charge >= 0.3 is 0 Å². The average molecular weight is 263 g/mol. The van der Waals surface area contributed by atoms with Crippen molar-refractivity contribution in [1.29, 1.82) is 0 Å². The molecule has 3 nitrogen and oxygen atoms in total. The van der Waals surface area contributed by atoms with Crippen LogP contribution in [0.3, 0.4) is 0 Å². The van der Waals surface area contributed by atoms with Crippen molar-refractivity contribution in [1.82, 2.24) is 0 Å². The van der Waals surface area contributed by atoms with Crippen LogP contribution in [0.15, 0.2) is 35.3 Å². The highest BCUT2D eigenvalue weighted by atomic mass is 31.2. The van der Waals surface area contributed by atoms with Crippen molar-refractivity contribution in [2.45, 2.75) is 19.6 Å². The van der Waals surface area contributed by atoms with Gasteiger partial charge in [0.25, 0.3) is 0 Å². The molecule has 0 fully saturated rings. The predicted octanol–water partition coefficient (Wildman–Crippen LogP) is 3.73. The monoisotopic (exact) mass is 263 g/mol. The summed E-state index contributed by atoms with van der Waals surface area (Å²) in [5, 5.41) is 0. The smallest absolute Gasteiger partial charge is 0.229 e. The van der Waals surface area contributed by atoms with E-state index in [0.29, 0.717) is 6.61 Å². The van der Waals surface area contributed by atoms with E-state index in [1.165, 1.54) is 5.56 Å². The van der Waals surface area contributed by atoms with Gasteiger partial charge in [0.15, 0.2) is 5.78 Å². The summed E-state index contributed by atoms with van der Waals surface area (Å²) in [6.45, 7) is 6.02. The van der Waals surface area contributed by atoms with E-state index in [2.05, 4.69) is 36.2 Å². The van der Waals surface area contributed by atoms with Gasteiger partial charge in [-0.3, -0.25) is 9.56 Å². The molecule has 0 radical (unpaired) electrons. The molecule has 1 aromatic carbocycles. The summed E-state index contributed by atoms with van der Waals surface area (Å²) in [6, 6.07) is 8.24. The number of hydrogen-bond acceptors (Lipinski definition) is 3. The summed E-state index contributed by atoms with van der Waals surface area (Å²) in [7, 11) is -2.59. The molecule has 2 atom stereocenters. The summed E-state index contributed by atoms with van der Waals surface area (Å²) >= 11 is 0. The molecule has 0 spiro atoms. The van der Waals surface area contributed by atoms with Gasteiger partial charge in [-0.1, -0.05) is 35.9 Å². The Labute approximate surface area is 108 Å². The first-order valence-electron chi connectivity index (χ1n) is 6.07. The van der Waals surface area contributed by atoms with E-state index in [1.54, 1.807) is 6.66 Å². The van der Waals surface area contributed by atoms with E-state index in [1.807, 2.05) is 19.1 Å². The number of aliphatic imine (C=N–C) groups is 1. The molecule has 2 rings (SSSR count). The standard InChI is InChI=1S/C14H18NO2P/c1-4-17-18(3,16)14-13(15-14)10-9-12-7-5-11(2)6-8-12/h5-10,14H,4H2,1-3H3/b10-9+. The molecule has 4 heteroatoms. The molecule has 18 heavy (non-hydrogen) atoms. The lowest BCUT2D eigenvalue weighted by atomic mass is 10.1. The van der Waals surface area contributed by atoms with E-state index in [9.17, 15) is 4.57 Å². The van der Waals surface area contributed by atoms with Gasteiger partial charge in [-0.2, -0.15) is 0 Å². The minimum Gasteiger partial charge on any atom is -0.327 e. The molecule has 0 saturated carbocycles. The summed E-state index contributed by atoms with van der Waals surface area (Å²) in [5.74, 6) is -0.223. The molecule has 1 aliphatic heterocycles. The molecule has 96 valence electrons. The summed E-state index contributed by atoms with van der Waals surface area (Å²) in [6.07, 6.45) is 3.91. The van der Waals surface area contributed by atoms with Crippen molar-refractivity contribution >= 4 is 19.2 Å². The Hall–Kier alpha value is -1.18. The second-order valence-corrected chi connectivity index (χ2v) is 7.06. The third-order valence-corrected chi connectivity index (χ3v) is 4.86. The predicted molar refractivity (Wildman–Crippen MR) is 76.6 cm³/mol. The second kappa shape index (κ2) is 5.21. The molecule has 1 heterocycles. The zero-order chi connectivity index (χ0) is 13.2.